The van der Waals surface area contributed by atoms with Crippen LogP contribution in [0, 0.1) is 0 Å². The molecule has 1 aliphatic rings. The molecule has 0 saturated carbocycles. The number of aromatic nitrogens is 2. The molecule has 3 amide bonds. The van der Waals surface area contributed by atoms with Gasteiger partial charge in [0.15, 0.2) is 10.9 Å². The summed E-state index contributed by atoms with van der Waals surface area (Å²) in [6.07, 6.45) is 5.39. The van der Waals surface area contributed by atoms with Crippen molar-refractivity contribution in [2.75, 3.05) is 17.6 Å². The van der Waals surface area contributed by atoms with Gasteiger partial charge in [0.2, 0.25) is 5.91 Å². The van der Waals surface area contributed by atoms with Crippen molar-refractivity contribution in [2.24, 2.45) is 7.05 Å². The van der Waals surface area contributed by atoms with Gasteiger partial charge in [-0.05, 0) is 31.4 Å². The molecule has 0 unspecified atom stereocenters. The number of thioether (sulfide) groups is 1. The average Bonchev–Trinajstić information content (AvgIpc) is 3.38. The fourth-order valence-corrected chi connectivity index (χ4v) is 5.32. The number of thiol groups is 1. The van der Waals surface area contributed by atoms with Crippen molar-refractivity contribution >= 4 is 58.8 Å². The second kappa shape index (κ2) is 14.4. The lowest BCUT2D eigenvalue weighted by Gasteiger charge is -2.22. The van der Waals surface area contributed by atoms with Gasteiger partial charge in [-0.25, -0.2) is 4.98 Å². The van der Waals surface area contributed by atoms with Crippen LogP contribution in [0.3, 0.4) is 0 Å². The van der Waals surface area contributed by atoms with Crippen molar-refractivity contribution in [2.45, 2.75) is 63.8 Å². The third-order valence-corrected chi connectivity index (χ3v) is 7.78. The number of carbonyl (C=O) groups is 5. The van der Waals surface area contributed by atoms with E-state index in [-0.39, 0.29) is 47.3 Å². The van der Waals surface area contributed by atoms with Crippen LogP contribution < -0.4 is 10.6 Å². The number of rotatable bonds is 15. The Bertz CT molecular complexity index is 1200. The molecule has 1 aromatic heterocycles. The normalized spacial score (nSPS) is 14.3. The number of nitrogens with zero attached hydrogens (tertiary/aromatic N) is 3. The van der Waals surface area contributed by atoms with Gasteiger partial charge in [0.1, 0.15) is 17.0 Å². The van der Waals surface area contributed by atoms with Gasteiger partial charge in [0, 0.05) is 39.1 Å². The Morgan fingerprint density at radius 3 is 2.33 bits per heavy atom. The molecule has 3 rings (SSSR count). The molecule has 0 fully saturated rings. The zero-order valence-corrected chi connectivity index (χ0v) is 24.1. The Hall–Kier alpha value is -2.96. The number of hydrogen-bond acceptors (Lipinski definition) is 9. The van der Waals surface area contributed by atoms with Crippen LogP contribution >= 0.6 is 24.4 Å². The lowest BCUT2D eigenvalue weighted by Crippen LogP contribution is -2.49. The van der Waals surface area contributed by atoms with E-state index in [1.165, 1.54) is 11.8 Å². The number of anilines is 1. The summed E-state index contributed by atoms with van der Waals surface area (Å²) in [6.45, 7) is 3.66. The Kier molecular flexibility index (Phi) is 11.3. The van der Waals surface area contributed by atoms with Crippen LogP contribution in [-0.2, 0) is 27.9 Å². The second-order valence-electron chi connectivity index (χ2n) is 9.33. The van der Waals surface area contributed by atoms with Crippen LogP contribution in [0.4, 0.5) is 5.82 Å². The summed E-state index contributed by atoms with van der Waals surface area (Å²) in [5.74, 6) is 0.208. The molecule has 0 bridgehead atoms. The number of ketones is 1. The van der Waals surface area contributed by atoms with Crippen LogP contribution in [0.25, 0.3) is 0 Å². The van der Waals surface area contributed by atoms with E-state index in [9.17, 15) is 24.0 Å². The molecule has 0 aliphatic carbocycles. The minimum Gasteiger partial charge on any atom is -0.318 e. The van der Waals surface area contributed by atoms with Crippen molar-refractivity contribution in [3.05, 3.63) is 47.4 Å². The highest BCUT2D eigenvalue weighted by Crippen LogP contribution is 2.23. The first kappa shape index (κ1) is 30.6. The summed E-state index contributed by atoms with van der Waals surface area (Å²) in [5.41, 5.74) is 0.778. The molecular formula is C27H35N5O5S2. The third kappa shape index (κ3) is 7.80. The minimum absolute atomic E-state index is 0.106. The highest BCUT2D eigenvalue weighted by molar-refractivity contribution is 8.14. The van der Waals surface area contributed by atoms with Crippen molar-refractivity contribution in [3.8, 4) is 0 Å². The Morgan fingerprint density at radius 1 is 1.08 bits per heavy atom. The number of imide groups is 1. The van der Waals surface area contributed by atoms with E-state index in [2.05, 4.69) is 35.2 Å². The zero-order chi connectivity index (χ0) is 28.5. The summed E-state index contributed by atoms with van der Waals surface area (Å²) in [7, 11) is 1.83. The van der Waals surface area contributed by atoms with Crippen LogP contribution in [0.1, 0.15) is 72.5 Å². The lowest BCUT2D eigenvalue weighted by atomic mass is 10.1. The Morgan fingerprint density at radius 2 is 1.74 bits per heavy atom. The number of imidazole rings is 1. The number of nitrogens with one attached hydrogen (secondary N) is 2. The van der Waals surface area contributed by atoms with Crippen LogP contribution in [-0.4, -0.2) is 66.8 Å². The summed E-state index contributed by atoms with van der Waals surface area (Å²) in [4.78, 5) is 68.5. The van der Waals surface area contributed by atoms with E-state index in [0.29, 0.717) is 29.8 Å². The van der Waals surface area contributed by atoms with E-state index in [1.54, 1.807) is 30.5 Å². The fourth-order valence-electron chi connectivity index (χ4n) is 4.24. The molecule has 1 aromatic carbocycles. The average molecular weight is 574 g/mol. The molecule has 210 valence electrons. The third-order valence-electron chi connectivity index (χ3n) is 6.45. The SMILES string of the molecule is CCCCc1ncc(NC(=O)[C@@H](CS)N[C@@H](SC(C)=O)C(=O)CCCCN2C(=O)c3ccccc3C2=O)n1C. The number of fused-ring (bicyclic) bond motifs is 1. The van der Waals surface area contributed by atoms with Crippen molar-refractivity contribution < 1.29 is 24.0 Å². The van der Waals surface area contributed by atoms with Crippen molar-refractivity contribution in [3.63, 3.8) is 0 Å². The first-order valence-electron chi connectivity index (χ1n) is 13.0. The number of unbranched alkanes of at least 4 members (excludes halogenated alkanes) is 2. The van der Waals surface area contributed by atoms with E-state index in [1.807, 2.05) is 11.6 Å². The van der Waals surface area contributed by atoms with Gasteiger partial charge in [-0.3, -0.25) is 34.2 Å². The number of carbonyl (C=O) groups excluding carboxylic acids is 5. The zero-order valence-electron chi connectivity index (χ0n) is 22.4. The van der Waals surface area contributed by atoms with Crippen LogP contribution in [0.2, 0.25) is 0 Å². The molecular weight excluding hydrogens is 538 g/mol. The maximum Gasteiger partial charge on any atom is 0.261 e. The smallest absolute Gasteiger partial charge is 0.261 e. The molecule has 2 N–H and O–H groups in total. The highest BCUT2D eigenvalue weighted by Gasteiger charge is 2.34. The highest BCUT2D eigenvalue weighted by atomic mass is 32.2. The fraction of sp³-hybridized carbons (Fsp3) is 0.481. The maximum absolute atomic E-state index is 13.0. The largest absolute Gasteiger partial charge is 0.318 e. The first-order valence-corrected chi connectivity index (χ1v) is 14.5. The quantitative estimate of drug-likeness (QED) is 0.128. The second-order valence-corrected chi connectivity index (χ2v) is 11.0. The van der Waals surface area contributed by atoms with Gasteiger partial charge in [-0.1, -0.05) is 37.2 Å². The molecule has 1 aliphatic heterocycles. The predicted octanol–water partition coefficient (Wildman–Crippen LogP) is 3.23. The topological polar surface area (TPSA) is 130 Å². The number of amides is 3. The summed E-state index contributed by atoms with van der Waals surface area (Å²) in [6, 6.07) is 5.85. The van der Waals surface area contributed by atoms with Gasteiger partial charge in [0.25, 0.3) is 11.8 Å². The van der Waals surface area contributed by atoms with Crippen molar-refractivity contribution in [1.82, 2.24) is 19.8 Å². The van der Waals surface area contributed by atoms with E-state index in [0.717, 1.165) is 36.8 Å². The molecule has 2 aromatic rings. The van der Waals surface area contributed by atoms with Gasteiger partial charge in [-0.2, -0.15) is 12.6 Å². The minimum atomic E-state index is -0.934. The number of Topliss-reactive ketones (excluding diaryl/α,β-unsaturated/α-hetero) is 1. The standard InChI is InChI=1S/C27H35N5O5S2/c1-4-5-13-22-28-15-23(31(22)3)30-24(35)20(16-38)29-25(39-17(2)33)21(34)12-8-9-14-32-26(36)18-10-6-7-11-19(18)27(32)37/h6-7,10-11,15,20,25,29,38H,4-5,8-9,12-14,16H2,1-3H3,(H,30,35)/t20-,25+/m1/s1. The van der Waals surface area contributed by atoms with Gasteiger partial charge in [-0.15, -0.1) is 0 Å². The van der Waals surface area contributed by atoms with Crippen LogP contribution in [0.5, 0.6) is 0 Å². The Balaban J connectivity index is 1.54. The molecule has 10 nitrogen and oxygen atoms in total. The monoisotopic (exact) mass is 573 g/mol. The molecule has 0 spiro atoms. The number of aryl methyl sites for hydroxylation is 1. The van der Waals surface area contributed by atoms with Gasteiger partial charge < -0.3 is 9.88 Å². The summed E-state index contributed by atoms with van der Waals surface area (Å²) >= 11 is 5.10. The first-order chi connectivity index (χ1) is 18.7. The number of hydrogen-bond donors (Lipinski definition) is 3. The Labute approximate surface area is 238 Å². The molecule has 2 atom stereocenters. The molecule has 0 radical (unpaired) electrons. The summed E-state index contributed by atoms with van der Waals surface area (Å²) in [5, 5.41) is 4.61. The van der Waals surface area contributed by atoms with E-state index >= 15 is 0 Å². The number of benzene rings is 1. The lowest BCUT2D eigenvalue weighted by molar-refractivity contribution is -0.120. The molecule has 12 heteroatoms. The van der Waals surface area contributed by atoms with E-state index < -0.39 is 11.4 Å². The van der Waals surface area contributed by atoms with Gasteiger partial charge in [0.05, 0.1) is 23.4 Å². The molecule has 39 heavy (non-hydrogen) atoms. The van der Waals surface area contributed by atoms with Crippen molar-refractivity contribution in [1.29, 1.82) is 0 Å². The van der Waals surface area contributed by atoms with Crippen LogP contribution in [0.15, 0.2) is 30.5 Å². The predicted molar refractivity (Wildman–Crippen MR) is 154 cm³/mol. The van der Waals surface area contributed by atoms with Gasteiger partial charge >= 0.3 is 0 Å². The maximum atomic E-state index is 13.0. The summed E-state index contributed by atoms with van der Waals surface area (Å²) < 4.78 is 1.82. The van der Waals surface area contributed by atoms with E-state index in [4.69, 9.17) is 0 Å². The molecule has 2 heterocycles. The molecule has 0 saturated heterocycles.